The summed E-state index contributed by atoms with van der Waals surface area (Å²) in [6, 6.07) is 11.7. The number of non-ortho nitro benzene ring substituents is 1. The number of anilines is 2. The molecule has 1 atom stereocenters. The smallest absolute Gasteiger partial charge is 0.269 e. The monoisotopic (exact) mass is 405 g/mol. The van der Waals surface area contributed by atoms with E-state index in [-0.39, 0.29) is 16.8 Å². The van der Waals surface area contributed by atoms with E-state index in [9.17, 15) is 14.9 Å². The minimum atomic E-state index is -0.441. The summed E-state index contributed by atoms with van der Waals surface area (Å²) in [5.41, 5.74) is 1.73. The number of nitro benzene ring substituents is 1. The van der Waals surface area contributed by atoms with Crippen LogP contribution < -0.4 is 10.2 Å². The first-order valence-corrected chi connectivity index (χ1v) is 9.96. The summed E-state index contributed by atoms with van der Waals surface area (Å²) in [6.45, 7) is 3.75. The Bertz CT molecular complexity index is 839. The molecule has 0 bridgehead atoms. The molecular formula is C19H20ClN3O3S. The molecule has 142 valence electrons. The van der Waals surface area contributed by atoms with Gasteiger partial charge >= 0.3 is 0 Å². The Kier molecular flexibility index (Phi) is 6.23. The number of benzene rings is 2. The molecule has 0 spiro atoms. The van der Waals surface area contributed by atoms with Crippen LogP contribution in [-0.4, -0.2) is 29.2 Å². The van der Waals surface area contributed by atoms with Gasteiger partial charge in [-0.05, 0) is 50.1 Å². The topological polar surface area (TPSA) is 75.5 Å². The quantitative estimate of drug-likeness (QED) is 0.417. The van der Waals surface area contributed by atoms with Crippen molar-refractivity contribution in [2.75, 3.05) is 23.3 Å². The minimum Gasteiger partial charge on any atom is -0.370 e. The van der Waals surface area contributed by atoms with Gasteiger partial charge in [-0.25, -0.2) is 0 Å². The van der Waals surface area contributed by atoms with Gasteiger partial charge in [0.2, 0.25) is 5.91 Å². The number of carbonyl (C=O) groups is 1. The van der Waals surface area contributed by atoms with Gasteiger partial charge in [0.25, 0.3) is 5.69 Å². The Balaban J connectivity index is 1.69. The highest BCUT2D eigenvalue weighted by Crippen LogP contribution is 2.33. The molecule has 0 saturated carbocycles. The van der Waals surface area contributed by atoms with Crippen molar-refractivity contribution in [1.29, 1.82) is 0 Å². The second-order valence-corrected chi connectivity index (χ2v) is 8.21. The number of hydrogen-bond donors (Lipinski definition) is 1. The van der Waals surface area contributed by atoms with Crippen molar-refractivity contribution in [3.63, 3.8) is 0 Å². The van der Waals surface area contributed by atoms with Crippen LogP contribution >= 0.6 is 23.4 Å². The summed E-state index contributed by atoms with van der Waals surface area (Å²) >= 11 is 7.48. The molecule has 1 N–H and O–H groups in total. The van der Waals surface area contributed by atoms with Crippen LogP contribution in [0, 0.1) is 10.1 Å². The normalized spacial score (nSPS) is 14.8. The fourth-order valence-electron chi connectivity index (χ4n) is 2.98. The van der Waals surface area contributed by atoms with Crippen molar-refractivity contribution in [1.82, 2.24) is 0 Å². The van der Waals surface area contributed by atoms with Crippen LogP contribution in [0.3, 0.4) is 0 Å². The summed E-state index contributed by atoms with van der Waals surface area (Å²) in [6.07, 6.45) is 2.28. The van der Waals surface area contributed by atoms with Crippen LogP contribution in [0.2, 0.25) is 5.02 Å². The van der Waals surface area contributed by atoms with Gasteiger partial charge < -0.3 is 10.2 Å². The standard InChI is InChI=1S/C19H20ClN3O3S/c1-13(27-16-7-5-15(6-8-16)23(25)26)19(24)21-17-12-14(20)4-9-18(17)22-10-2-3-11-22/h4-9,12-13H,2-3,10-11H2,1H3,(H,21,24). The van der Waals surface area contributed by atoms with E-state index in [4.69, 9.17) is 11.6 Å². The van der Waals surface area contributed by atoms with Crippen LogP contribution in [0.25, 0.3) is 0 Å². The van der Waals surface area contributed by atoms with E-state index in [0.29, 0.717) is 10.7 Å². The number of rotatable bonds is 6. The van der Waals surface area contributed by atoms with Crippen molar-refractivity contribution in [2.45, 2.75) is 29.9 Å². The summed E-state index contributed by atoms with van der Waals surface area (Å²) in [5, 5.41) is 13.9. The Hall–Kier alpha value is -2.25. The van der Waals surface area contributed by atoms with E-state index >= 15 is 0 Å². The third-order valence-corrected chi connectivity index (χ3v) is 5.74. The number of nitrogens with zero attached hydrogens (tertiary/aromatic N) is 2. The molecule has 1 unspecified atom stereocenters. The molecular weight excluding hydrogens is 386 g/mol. The molecule has 0 aromatic heterocycles. The number of halogens is 1. The average molecular weight is 406 g/mol. The molecule has 0 radical (unpaired) electrons. The van der Waals surface area contributed by atoms with Crippen molar-refractivity contribution in [2.24, 2.45) is 0 Å². The fraction of sp³-hybridized carbons (Fsp3) is 0.316. The van der Waals surface area contributed by atoms with Crippen LogP contribution in [0.15, 0.2) is 47.4 Å². The lowest BCUT2D eigenvalue weighted by molar-refractivity contribution is -0.384. The van der Waals surface area contributed by atoms with Crippen molar-refractivity contribution >= 4 is 46.3 Å². The van der Waals surface area contributed by atoms with Gasteiger partial charge in [-0.2, -0.15) is 0 Å². The zero-order valence-corrected chi connectivity index (χ0v) is 16.4. The van der Waals surface area contributed by atoms with Crippen molar-refractivity contribution in [3.8, 4) is 0 Å². The van der Waals surface area contributed by atoms with E-state index in [1.54, 1.807) is 18.2 Å². The first kappa shape index (κ1) is 19.5. The maximum atomic E-state index is 12.7. The largest absolute Gasteiger partial charge is 0.370 e. The zero-order chi connectivity index (χ0) is 19.4. The van der Waals surface area contributed by atoms with Crippen LogP contribution in [0.5, 0.6) is 0 Å². The number of nitrogens with one attached hydrogen (secondary N) is 1. The highest BCUT2D eigenvalue weighted by Gasteiger charge is 2.20. The predicted molar refractivity (Wildman–Crippen MR) is 110 cm³/mol. The van der Waals surface area contributed by atoms with E-state index in [1.165, 1.54) is 23.9 Å². The lowest BCUT2D eigenvalue weighted by atomic mass is 10.2. The van der Waals surface area contributed by atoms with Crippen LogP contribution in [-0.2, 0) is 4.79 Å². The average Bonchev–Trinajstić information content (AvgIpc) is 3.16. The molecule has 0 aliphatic carbocycles. The van der Waals surface area contributed by atoms with Gasteiger partial charge in [0.1, 0.15) is 0 Å². The van der Waals surface area contributed by atoms with Gasteiger partial charge in [0, 0.05) is 35.1 Å². The van der Waals surface area contributed by atoms with E-state index in [2.05, 4.69) is 10.2 Å². The molecule has 8 heteroatoms. The maximum absolute atomic E-state index is 12.7. The predicted octanol–water partition coefficient (Wildman–Crippen LogP) is 4.97. The zero-order valence-electron chi connectivity index (χ0n) is 14.9. The van der Waals surface area contributed by atoms with Crippen molar-refractivity contribution < 1.29 is 9.72 Å². The van der Waals surface area contributed by atoms with Crippen LogP contribution in [0.1, 0.15) is 19.8 Å². The van der Waals surface area contributed by atoms with Gasteiger partial charge in [-0.15, -0.1) is 11.8 Å². The van der Waals surface area contributed by atoms with Crippen molar-refractivity contribution in [3.05, 3.63) is 57.6 Å². The number of nitro groups is 1. The first-order chi connectivity index (χ1) is 12.9. The third kappa shape index (κ3) is 4.93. The van der Waals surface area contributed by atoms with E-state index in [0.717, 1.165) is 36.5 Å². The highest BCUT2D eigenvalue weighted by molar-refractivity contribution is 8.00. The molecule has 1 amide bonds. The molecule has 1 aliphatic heterocycles. The summed E-state index contributed by atoms with van der Waals surface area (Å²) in [4.78, 5) is 26.0. The molecule has 1 heterocycles. The van der Waals surface area contributed by atoms with E-state index < -0.39 is 4.92 Å². The maximum Gasteiger partial charge on any atom is 0.269 e. The SMILES string of the molecule is CC(Sc1ccc([N+](=O)[O-])cc1)C(=O)Nc1cc(Cl)ccc1N1CCCC1. The Labute approximate surface area is 167 Å². The molecule has 1 fully saturated rings. The van der Waals surface area contributed by atoms with E-state index in [1.807, 2.05) is 19.1 Å². The Morgan fingerprint density at radius 2 is 1.89 bits per heavy atom. The fourth-order valence-corrected chi connectivity index (χ4v) is 4.02. The van der Waals surface area contributed by atoms with Gasteiger partial charge in [-0.1, -0.05) is 11.6 Å². The highest BCUT2D eigenvalue weighted by atomic mass is 35.5. The Morgan fingerprint density at radius 3 is 2.52 bits per heavy atom. The molecule has 6 nitrogen and oxygen atoms in total. The first-order valence-electron chi connectivity index (χ1n) is 8.70. The van der Waals surface area contributed by atoms with Gasteiger partial charge in [0.05, 0.1) is 21.5 Å². The number of carbonyl (C=O) groups excluding carboxylic acids is 1. The molecule has 2 aromatic rings. The molecule has 2 aromatic carbocycles. The summed E-state index contributed by atoms with van der Waals surface area (Å²) in [5.74, 6) is -0.138. The summed E-state index contributed by atoms with van der Waals surface area (Å²) in [7, 11) is 0. The minimum absolute atomic E-state index is 0.0330. The number of hydrogen-bond acceptors (Lipinski definition) is 5. The molecule has 1 saturated heterocycles. The second kappa shape index (κ2) is 8.63. The molecule has 1 aliphatic rings. The lowest BCUT2D eigenvalue weighted by Crippen LogP contribution is -2.25. The summed E-state index contributed by atoms with van der Waals surface area (Å²) < 4.78 is 0. The third-order valence-electron chi connectivity index (χ3n) is 4.39. The van der Waals surface area contributed by atoms with Crippen LogP contribution in [0.4, 0.5) is 17.1 Å². The molecule has 3 rings (SSSR count). The number of amides is 1. The second-order valence-electron chi connectivity index (χ2n) is 6.36. The molecule has 27 heavy (non-hydrogen) atoms. The van der Waals surface area contributed by atoms with Gasteiger partial charge in [0.15, 0.2) is 0 Å². The number of thioether (sulfide) groups is 1. The van der Waals surface area contributed by atoms with Gasteiger partial charge in [-0.3, -0.25) is 14.9 Å². The lowest BCUT2D eigenvalue weighted by Gasteiger charge is -2.22. The Morgan fingerprint density at radius 1 is 1.22 bits per heavy atom.